The Bertz CT molecular complexity index is 1270. The predicted molar refractivity (Wildman–Crippen MR) is 101 cm³/mol. The van der Waals surface area contributed by atoms with Gasteiger partial charge in [0.15, 0.2) is 0 Å². The average Bonchev–Trinajstić information content (AvgIpc) is 3.02. The monoisotopic (exact) mass is 518 g/mol. The van der Waals surface area contributed by atoms with E-state index in [-0.39, 0.29) is 11.1 Å². The summed E-state index contributed by atoms with van der Waals surface area (Å²) in [5.41, 5.74) is -5.61. The number of halogens is 8. The molecule has 0 unspecified atom stereocenters. The van der Waals surface area contributed by atoms with Crippen LogP contribution >= 0.6 is 35.0 Å². The van der Waals surface area contributed by atoms with E-state index in [0.717, 1.165) is 12.1 Å². The van der Waals surface area contributed by atoms with Gasteiger partial charge in [-0.05, 0) is 36.0 Å². The molecule has 2 aromatic carbocycles. The number of rotatable bonds is 4. The van der Waals surface area contributed by atoms with Crippen molar-refractivity contribution in [2.75, 3.05) is 0 Å². The van der Waals surface area contributed by atoms with E-state index in [1.54, 1.807) is 0 Å². The fourth-order valence-corrected chi connectivity index (χ4v) is 3.79. The number of hydrogen-bond donors (Lipinski definition) is 1. The van der Waals surface area contributed by atoms with E-state index < -0.39 is 60.5 Å². The summed E-state index contributed by atoms with van der Waals surface area (Å²) in [5, 5.41) is 15.4. The Kier molecular flexibility index (Phi) is 6.23. The molecule has 0 spiro atoms. The molecule has 0 amide bonds. The zero-order chi connectivity index (χ0) is 24.0. The van der Waals surface area contributed by atoms with E-state index in [1.807, 2.05) is 5.10 Å². The minimum atomic E-state index is -4.98. The molecule has 0 atom stereocenters. The lowest BCUT2D eigenvalue weighted by Gasteiger charge is -2.15. The van der Waals surface area contributed by atoms with E-state index >= 15 is 0 Å². The SMILES string of the molecule is O=c1[nH]nc(Sc2ccc(C(F)(F)F)cc2[N+](=O)[O-])n1-c1cc(Cl)c(Cl)cc1C(F)(F)F. The first-order valence-electron chi connectivity index (χ1n) is 7.97. The molecule has 0 saturated carbocycles. The van der Waals surface area contributed by atoms with Gasteiger partial charge < -0.3 is 0 Å². The van der Waals surface area contributed by atoms with E-state index in [2.05, 4.69) is 5.10 Å². The molecule has 0 fully saturated rings. The predicted octanol–water partition coefficient (Wildman–Crippen LogP) is 5.96. The highest BCUT2D eigenvalue weighted by Gasteiger charge is 2.37. The molecule has 7 nitrogen and oxygen atoms in total. The summed E-state index contributed by atoms with van der Waals surface area (Å²) in [4.78, 5) is 22.0. The van der Waals surface area contributed by atoms with Crippen LogP contribution in [-0.4, -0.2) is 19.7 Å². The van der Waals surface area contributed by atoms with Crippen LogP contribution in [0.25, 0.3) is 5.69 Å². The number of alkyl halides is 6. The molecule has 0 aliphatic rings. The maximum Gasteiger partial charge on any atom is 0.418 e. The summed E-state index contributed by atoms with van der Waals surface area (Å²) >= 11 is 11.8. The number of nitro groups is 1. The average molecular weight is 519 g/mol. The van der Waals surface area contributed by atoms with Gasteiger partial charge in [-0.25, -0.2) is 14.5 Å². The zero-order valence-corrected chi connectivity index (χ0v) is 17.2. The molecule has 16 heteroatoms. The molecule has 0 radical (unpaired) electrons. The summed E-state index contributed by atoms with van der Waals surface area (Å²) in [7, 11) is 0. The van der Waals surface area contributed by atoms with Crippen LogP contribution in [0.15, 0.2) is 45.2 Å². The van der Waals surface area contributed by atoms with Gasteiger partial charge in [0.2, 0.25) is 5.16 Å². The number of nitrogens with one attached hydrogen (secondary N) is 1. The van der Waals surface area contributed by atoms with Crippen LogP contribution in [0.4, 0.5) is 32.0 Å². The zero-order valence-electron chi connectivity index (χ0n) is 14.9. The fourth-order valence-electron chi connectivity index (χ4n) is 2.53. The van der Waals surface area contributed by atoms with Crippen LogP contribution in [0.1, 0.15) is 11.1 Å². The van der Waals surface area contributed by atoms with Gasteiger partial charge >= 0.3 is 18.0 Å². The first kappa shape index (κ1) is 23.9. The molecule has 1 aromatic heterocycles. The molecule has 0 aliphatic carbocycles. The number of benzene rings is 2. The number of hydrogen-bond acceptors (Lipinski definition) is 5. The largest absolute Gasteiger partial charge is 0.418 e. The lowest BCUT2D eigenvalue weighted by molar-refractivity contribution is -0.388. The highest BCUT2D eigenvalue weighted by molar-refractivity contribution is 7.99. The second-order valence-electron chi connectivity index (χ2n) is 5.97. The summed E-state index contributed by atoms with van der Waals surface area (Å²) < 4.78 is 79.6. The molecule has 3 rings (SSSR count). The van der Waals surface area contributed by atoms with Gasteiger partial charge in [0, 0.05) is 6.07 Å². The molecular formula is C16H6Cl2F6N4O3S. The highest BCUT2D eigenvalue weighted by atomic mass is 35.5. The smallest absolute Gasteiger partial charge is 0.258 e. The quantitative estimate of drug-likeness (QED) is 0.261. The Hall–Kier alpha value is -2.71. The Balaban J connectivity index is 2.18. The van der Waals surface area contributed by atoms with Crippen molar-refractivity contribution in [1.29, 1.82) is 0 Å². The van der Waals surface area contributed by atoms with Crippen molar-refractivity contribution in [1.82, 2.24) is 14.8 Å². The van der Waals surface area contributed by atoms with Crippen LogP contribution in [-0.2, 0) is 12.4 Å². The van der Waals surface area contributed by atoms with Gasteiger partial charge in [-0.2, -0.15) is 26.3 Å². The minimum absolute atomic E-state index is 0.262. The van der Waals surface area contributed by atoms with Crippen molar-refractivity contribution in [3.63, 3.8) is 0 Å². The maximum absolute atomic E-state index is 13.5. The van der Waals surface area contributed by atoms with Crippen LogP contribution in [0.3, 0.4) is 0 Å². The van der Waals surface area contributed by atoms with Crippen molar-refractivity contribution >= 4 is 40.7 Å². The van der Waals surface area contributed by atoms with Crippen molar-refractivity contribution in [3.05, 3.63) is 72.1 Å². The molecule has 0 aliphatic heterocycles. The summed E-state index contributed by atoms with van der Waals surface area (Å²) in [5.74, 6) is 0. The molecule has 3 aromatic rings. The summed E-state index contributed by atoms with van der Waals surface area (Å²) in [6.45, 7) is 0. The normalized spacial score (nSPS) is 12.2. The van der Waals surface area contributed by atoms with E-state index in [0.29, 0.717) is 28.5 Å². The number of aromatic nitrogens is 3. The van der Waals surface area contributed by atoms with Crippen molar-refractivity contribution in [3.8, 4) is 5.69 Å². The molecule has 170 valence electrons. The van der Waals surface area contributed by atoms with Crippen LogP contribution < -0.4 is 5.69 Å². The molecule has 1 N–H and O–H groups in total. The second-order valence-corrected chi connectivity index (χ2v) is 7.79. The molecule has 0 bridgehead atoms. The van der Waals surface area contributed by atoms with Gasteiger partial charge in [-0.15, -0.1) is 5.10 Å². The Labute approximate surface area is 187 Å². The first-order valence-corrected chi connectivity index (χ1v) is 9.55. The van der Waals surface area contributed by atoms with Crippen molar-refractivity contribution in [2.24, 2.45) is 0 Å². The molecule has 1 heterocycles. The second kappa shape index (κ2) is 8.33. The Morgan fingerprint density at radius 3 is 2.22 bits per heavy atom. The van der Waals surface area contributed by atoms with Gasteiger partial charge in [-0.3, -0.25) is 10.1 Å². The molecule has 32 heavy (non-hydrogen) atoms. The lowest BCUT2D eigenvalue weighted by Crippen LogP contribution is -2.20. The number of aromatic amines is 1. The molecular weight excluding hydrogens is 513 g/mol. The Morgan fingerprint density at radius 1 is 1.03 bits per heavy atom. The first-order chi connectivity index (χ1) is 14.7. The summed E-state index contributed by atoms with van der Waals surface area (Å²) in [6.07, 6.45) is -9.85. The fraction of sp³-hybridized carbons (Fsp3) is 0.125. The number of H-pyrrole nitrogens is 1. The minimum Gasteiger partial charge on any atom is -0.258 e. The van der Waals surface area contributed by atoms with Gasteiger partial charge in [0.25, 0.3) is 5.69 Å². The van der Waals surface area contributed by atoms with Crippen LogP contribution in [0.5, 0.6) is 0 Å². The lowest BCUT2D eigenvalue weighted by atomic mass is 10.1. The Morgan fingerprint density at radius 2 is 1.66 bits per heavy atom. The number of nitro benzene ring substituents is 1. The topological polar surface area (TPSA) is 93.8 Å². The number of nitrogens with zero attached hydrogens (tertiary/aromatic N) is 3. The molecule has 0 saturated heterocycles. The third-order valence-electron chi connectivity index (χ3n) is 3.91. The van der Waals surface area contributed by atoms with Crippen molar-refractivity contribution < 1.29 is 31.3 Å². The van der Waals surface area contributed by atoms with Crippen molar-refractivity contribution in [2.45, 2.75) is 22.4 Å². The van der Waals surface area contributed by atoms with E-state index in [1.165, 1.54) is 0 Å². The highest BCUT2D eigenvalue weighted by Crippen LogP contribution is 2.41. The van der Waals surface area contributed by atoms with E-state index in [4.69, 9.17) is 23.2 Å². The van der Waals surface area contributed by atoms with Gasteiger partial charge in [0.1, 0.15) is 0 Å². The maximum atomic E-state index is 13.5. The third kappa shape index (κ3) is 4.71. The van der Waals surface area contributed by atoms with Gasteiger partial charge in [-0.1, -0.05) is 23.2 Å². The van der Waals surface area contributed by atoms with Gasteiger partial charge in [0.05, 0.1) is 36.7 Å². The summed E-state index contributed by atoms with van der Waals surface area (Å²) in [6, 6.07) is 2.78. The van der Waals surface area contributed by atoms with E-state index in [9.17, 15) is 41.3 Å². The van der Waals surface area contributed by atoms with Crippen LogP contribution in [0.2, 0.25) is 10.0 Å². The third-order valence-corrected chi connectivity index (χ3v) is 5.65. The standard InChI is InChI=1S/C16H6Cl2F6N4O3S/c17-8-4-7(16(22,23)24)10(5-9(8)18)27-13(29)25-26-14(27)32-12-2-1-6(15(19,20)21)3-11(12)28(30)31/h1-5H,(H,25,29). The van der Waals surface area contributed by atoms with Crippen LogP contribution in [0, 0.1) is 10.1 Å².